The molecule has 0 radical (unpaired) electrons. The molecule has 3 rings (SSSR count). The number of methoxy groups -OCH3 is 2. The summed E-state index contributed by atoms with van der Waals surface area (Å²) in [6.45, 7) is 0.508. The number of aromatic nitrogens is 2. The molecule has 1 N–H and O–H groups in total. The van der Waals surface area contributed by atoms with E-state index < -0.39 is 0 Å². The van der Waals surface area contributed by atoms with Crippen molar-refractivity contribution in [1.82, 2.24) is 15.3 Å². The van der Waals surface area contributed by atoms with Crippen molar-refractivity contribution in [1.29, 1.82) is 0 Å². The molecule has 2 aromatic rings. The third-order valence-corrected chi connectivity index (χ3v) is 3.90. The van der Waals surface area contributed by atoms with Gasteiger partial charge in [0.2, 0.25) is 0 Å². The first-order valence-corrected chi connectivity index (χ1v) is 7.47. The van der Waals surface area contributed by atoms with Gasteiger partial charge in [-0.2, -0.15) is 0 Å². The molecule has 1 fully saturated rings. The summed E-state index contributed by atoms with van der Waals surface area (Å²) in [6, 6.07) is 4.95. The van der Waals surface area contributed by atoms with Crippen LogP contribution in [0.3, 0.4) is 0 Å². The number of nitrogens with zero attached hydrogens (tertiary/aromatic N) is 2. The Morgan fingerprint density at radius 1 is 1.30 bits per heavy atom. The number of nitrogens with one attached hydrogen (secondary N) is 1. The minimum Gasteiger partial charge on any atom is -0.497 e. The number of fused-ring (bicyclic) bond motifs is 1. The van der Waals surface area contributed by atoms with Crippen LogP contribution in [0, 0.1) is 0 Å². The van der Waals surface area contributed by atoms with E-state index in [0.717, 1.165) is 0 Å². The van der Waals surface area contributed by atoms with Crippen LogP contribution in [0.1, 0.15) is 6.42 Å². The lowest BCUT2D eigenvalue weighted by Gasteiger charge is -2.13. The van der Waals surface area contributed by atoms with Crippen LogP contribution in [0.25, 0.3) is 11.0 Å². The first kappa shape index (κ1) is 15.8. The van der Waals surface area contributed by atoms with E-state index in [2.05, 4.69) is 15.3 Å². The van der Waals surface area contributed by atoms with Crippen LogP contribution < -0.4 is 14.8 Å². The second kappa shape index (κ2) is 6.55. The van der Waals surface area contributed by atoms with Crippen LogP contribution in [-0.2, 0) is 9.53 Å². The van der Waals surface area contributed by atoms with Crippen LogP contribution in [0.2, 0.25) is 5.15 Å². The van der Waals surface area contributed by atoms with Gasteiger partial charge in [-0.3, -0.25) is 4.79 Å². The Balaban J connectivity index is 1.80. The monoisotopic (exact) mass is 337 g/mol. The van der Waals surface area contributed by atoms with E-state index in [9.17, 15) is 4.79 Å². The molecule has 1 saturated heterocycles. The molecule has 0 aliphatic carbocycles. The van der Waals surface area contributed by atoms with Gasteiger partial charge in [0.25, 0.3) is 5.88 Å². The number of ether oxygens (including phenoxy) is 3. The molecule has 2 atom stereocenters. The normalized spacial score (nSPS) is 20.5. The van der Waals surface area contributed by atoms with Crippen LogP contribution in [-0.4, -0.2) is 48.8 Å². The predicted molar refractivity (Wildman–Crippen MR) is 83.9 cm³/mol. The van der Waals surface area contributed by atoms with Crippen molar-refractivity contribution in [2.75, 3.05) is 20.8 Å². The minimum absolute atomic E-state index is 0.184. The van der Waals surface area contributed by atoms with Gasteiger partial charge in [-0.05, 0) is 12.1 Å². The van der Waals surface area contributed by atoms with Gasteiger partial charge in [0.05, 0.1) is 25.3 Å². The minimum atomic E-state index is -0.378. The first-order chi connectivity index (χ1) is 11.1. The molecule has 23 heavy (non-hydrogen) atoms. The Kier molecular flexibility index (Phi) is 4.49. The number of hydrogen-bond acceptors (Lipinski definition) is 7. The topological polar surface area (TPSA) is 82.6 Å². The van der Waals surface area contributed by atoms with E-state index >= 15 is 0 Å². The number of esters is 1. The zero-order valence-electron chi connectivity index (χ0n) is 12.7. The van der Waals surface area contributed by atoms with Gasteiger partial charge in [0.1, 0.15) is 17.9 Å². The molecule has 0 saturated carbocycles. The maximum atomic E-state index is 11.5. The summed E-state index contributed by atoms with van der Waals surface area (Å²) in [6.07, 6.45) is 0.259. The maximum absolute atomic E-state index is 11.5. The lowest BCUT2D eigenvalue weighted by molar-refractivity contribution is -0.142. The molecule has 0 bridgehead atoms. The van der Waals surface area contributed by atoms with Crippen molar-refractivity contribution in [3.8, 4) is 11.6 Å². The fourth-order valence-corrected chi connectivity index (χ4v) is 2.65. The van der Waals surface area contributed by atoms with Gasteiger partial charge < -0.3 is 19.5 Å². The van der Waals surface area contributed by atoms with E-state index in [0.29, 0.717) is 29.7 Å². The molecule has 2 unspecified atom stereocenters. The highest BCUT2D eigenvalue weighted by atomic mass is 35.5. The van der Waals surface area contributed by atoms with Crippen molar-refractivity contribution < 1.29 is 19.0 Å². The summed E-state index contributed by atoms with van der Waals surface area (Å²) < 4.78 is 15.7. The Bertz CT molecular complexity index is 740. The molecule has 1 aliphatic rings. The largest absolute Gasteiger partial charge is 0.497 e. The lowest BCUT2D eigenvalue weighted by Crippen LogP contribution is -2.31. The van der Waals surface area contributed by atoms with Crippen LogP contribution >= 0.6 is 11.6 Å². The summed E-state index contributed by atoms with van der Waals surface area (Å²) >= 11 is 6.14. The van der Waals surface area contributed by atoms with Gasteiger partial charge in [-0.1, -0.05) is 11.6 Å². The van der Waals surface area contributed by atoms with Crippen molar-refractivity contribution in [2.24, 2.45) is 0 Å². The Labute approximate surface area is 137 Å². The van der Waals surface area contributed by atoms with E-state index in [1.807, 2.05) is 0 Å². The third kappa shape index (κ3) is 3.30. The maximum Gasteiger partial charge on any atom is 0.323 e. The zero-order valence-corrected chi connectivity index (χ0v) is 13.5. The summed E-state index contributed by atoms with van der Waals surface area (Å²) in [7, 11) is 2.94. The fourth-order valence-electron chi connectivity index (χ4n) is 2.47. The fraction of sp³-hybridized carbons (Fsp3) is 0.400. The Morgan fingerprint density at radius 3 is 2.87 bits per heavy atom. The number of rotatable bonds is 4. The van der Waals surface area contributed by atoms with Crippen molar-refractivity contribution in [3.63, 3.8) is 0 Å². The van der Waals surface area contributed by atoms with Gasteiger partial charge >= 0.3 is 5.97 Å². The number of benzene rings is 1. The zero-order chi connectivity index (χ0) is 16.4. The smallest absolute Gasteiger partial charge is 0.323 e. The molecule has 7 nitrogen and oxygen atoms in total. The van der Waals surface area contributed by atoms with Gasteiger partial charge in [0, 0.05) is 19.0 Å². The molecule has 122 valence electrons. The summed E-state index contributed by atoms with van der Waals surface area (Å²) in [5.74, 6) is 0.606. The van der Waals surface area contributed by atoms with Crippen molar-refractivity contribution in [3.05, 3.63) is 23.4 Å². The highest BCUT2D eigenvalue weighted by Crippen LogP contribution is 2.27. The average molecular weight is 338 g/mol. The van der Waals surface area contributed by atoms with Crippen LogP contribution in [0.15, 0.2) is 18.2 Å². The second-order valence-electron chi connectivity index (χ2n) is 5.13. The molecule has 2 heterocycles. The van der Waals surface area contributed by atoms with E-state index in [1.54, 1.807) is 25.3 Å². The van der Waals surface area contributed by atoms with E-state index in [-0.39, 0.29) is 29.1 Å². The molecule has 0 amide bonds. The van der Waals surface area contributed by atoms with Gasteiger partial charge in [-0.25, -0.2) is 9.97 Å². The summed E-state index contributed by atoms with van der Waals surface area (Å²) in [5.41, 5.74) is 1.28. The number of carbonyl (C=O) groups is 1. The summed E-state index contributed by atoms with van der Waals surface area (Å²) in [5, 5.41) is 3.23. The second-order valence-corrected chi connectivity index (χ2v) is 5.49. The van der Waals surface area contributed by atoms with Gasteiger partial charge in [-0.15, -0.1) is 0 Å². The molecule has 8 heteroatoms. The average Bonchev–Trinajstić information content (AvgIpc) is 3.03. The highest BCUT2D eigenvalue weighted by Gasteiger charge is 2.32. The molecular weight excluding hydrogens is 322 g/mol. The first-order valence-electron chi connectivity index (χ1n) is 7.10. The Morgan fingerprint density at radius 2 is 2.13 bits per heavy atom. The molecule has 1 aromatic carbocycles. The van der Waals surface area contributed by atoms with Crippen molar-refractivity contribution in [2.45, 2.75) is 18.6 Å². The number of hydrogen-bond donors (Lipinski definition) is 1. The lowest BCUT2D eigenvalue weighted by atomic mass is 10.2. The van der Waals surface area contributed by atoms with Crippen LogP contribution in [0.5, 0.6) is 11.6 Å². The van der Waals surface area contributed by atoms with E-state index in [4.69, 9.17) is 25.8 Å². The number of carbonyl (C=O) groups excluding carboxylic acids is 1. The Hall–Kier alpha value is -2.12. The SMILES string of the molecule is COC(=O)C1CC(Oc2nc3cc(OC)ccc3nc2Cl)CN1. The molecular formula is C15H16ClN3O4. The van der Waals surface area contributed by atoms with Crippen LogP contribution in [0.4, 0.5) is 0 Å². The third-order valence-electron chi connectivity index (χ3n) is 3.65. The van der Waals surface area contributed by atoms with E-state index in [1.165, 1.54) is 7.11 Å². The molecule has 1 aliphatic heterocycles. The summed E-state index contributed by atoms with van der Waals surface area (Å²) in [4.78, 5) is 20.2. The predicted octanol–water partition coefficient (Wildman–Crippen LogP) is 1.57. The quantitative estimate of drug-likeness (QED) is 0.848. The molecule has 0 spiro atoms. The highest BCUT2D eigenvalue weighted by molar-refractivity contribution is 6.31. The number of halogens is 1. The molecule has 1 aromatic heterocycles. The van der Waals surface area contributed by atoms with Gasteiger partial charge in [0.15, 0.2) is 5.15 Å². The standard InChI is InChI=1S/C15H16ClN3O4/c1-21-8-3-4-10-11(5-8)19-14(13(16)18-10)23-9-6-12(17-7-9)15(20)22-2/h3-5,9,12,17H,6-7H2,1-2H3. The van der Waals surface area contributed by atoms with Crippen molar-refractivity contribution >= 4 is 28.6 Å².